The molecule has 6 aromatic carbocycles. The van der Waals surface area contributed by atoms with E-state index in [0.717, 1.165) is 44.6 Å². The van der Waals surface area contributed by atoms with Crippen LogP contribution < -0.4 is 0 Å². The molecule has 8 rings (SSSR count). The lowest BCUT2D eigenvalue weighted by molar-refractivity contribution is 0.628. The minimum absolute atomic E-state index is 0.671. The van der Waals surface area contributed by atoms with Crippen molar-refractivity contribution in [2.24, 2.45) is 0 Å². The van der Waals surface area contributed by atoms with E-state index in [2.05, 4.69) is 97.1 Å². The summed E-state index contributed by atoms with van der Waals surface area (Å²) in [5.74, 6) is 1.40. The smallest absolute Gasteiger partial charge is 0.160 e. The van der Waals surface area contributed by atoms with Crippen LogP contribution in [0.15, 0.2) is 138 Å². The molecule has 3 nitrogen and oxygen atoms in total. The molecule has 0 amide bonds. The fourth-order valence-electron chi connectivity index (χ4n) is 5.63. The minimum Gasteiger partial charge on any atom is -0.454 e. The number of fused-ring (bicyclic) bond motifs is 5. The molecule has 8 aromatic rings. The molecule has 39 heavy (non-hydrogen) atoms. The molecule has 2 heterocycles. The third-order valence-corrected chi connectivity index (χ3v) is 7.44. The average Bonchev–Trinajstić information content (AvgIpc) is 3.45. The highest BCUT2D eigenvalue weighted by atomic mass is 16.3. The quantitative estimate of drug-likeness (QED) is 0.180. The molecular formula is C36H22N2O. The number of aromatic nitrogens is 2. The lowest BCUT2D eigenvalue weighted by Crippen LogP contribution is -1.97. The summed E-state index contributed by atoms with van der Waals surface area (Å²) in [6.07, 6.45) is 0. The highest BCUT2D eigenvalue weighted by Crippen LogP contribution is 2.41. The van der Waals surface area contributed by atoms with Gasteiger partial charge >= 0.3 is 0 Å². The number of hydrogen-bond donors (Lipinski definition) is 0. The van der Waals surface area contributed by atoms with Crippen LogP contribution in [-0.4, -0.2) is 9.97 Å². The van der Waals surface area contributed by atoms with Crippen LogP contribution in [0.4, 0.5) is 0 Å². The van der Waals surface area contributed by atoms with Gasteiger partial charge in [0, 0.05) is 16.5 Å². The Hall–Kier alpha value is -5.28. The normalized spacial score (nSPS) is 11.6. The van der Waals surface area contributed by atoms with Crippen molar-refractivity contribution in [3.8, 4) is 34.1 Å². The molecule has 0 radical (unpaired) electrons. The molecule has 0 saturated carbocycles. The van der Waals surface area contributed by atoms with E-state index in [1.165, 1.54) is 26.9 Å². The number of benzene rings is 6. The van der Waals surface area contributed by atoms with E-state index < -0.39 is 0 Å². The predicted molar refractivity (Wildman–Crippen MR) is 161 cm³/mol. The fraction of sp³-hybridized carbons (Fsp3) is 0. The Balaban J connectivity index is 1.51. The summed E-state index contributed by atoms with van der Waals surface area (Å²) >= 11 is 0. The van der Waals surface area contributed by atoms with Crippen molar-refractivity contribution in [1.29, 1.82) is 0 Å². The molecule has 3 heteroatoms. The number of para-hydroxylation sites is 1. The van der Waals surface area contributed by atoms with Gasteiger partial charge in [0.1, 0.15) is 11.3 Å². The Morgan fingerprint density at radius 1 is 0.462 bits per heavy atom. The summed E-state index contributed by atoms with van der Waals surface area (Å²) in [6.45, 7) is 0. The monoisotopic (exact) mass is 498 g/mol. The van der Waals surface area contributed by atoms with Crippen LogP contribution in [-0.2, 0) is 0 Å². The maximum atomic E-state index is 6.29. The maximum absolute atomic E-state index is 6.29. The molecule has 182 valence electrons. The first-order chi connectivity index (χ1) is 19.3. The standard InChI is InChI=1S/C36H22N2O/c1-2-11-24(12-3-1)36-37-30(33-21-26-14-6-9-17-32(26)39-33)22-31(38-36)35-29-16-8-5-13-25(29)20-27-19-18-23-10-4-7-15-28(23)34(27)35/h1-22H. The second kappa shape index (κ2) is 8.64. The zero-order valence-electron chi connectivity index (χ0n) is 21.0. The molecule has 0 aliphatic carbocycles. The molecule has 0 aliphatic rings. The maximum Gasteiger partial charge on any atom is 0.160 e. The summed E-state index contributed by atoms with van der Waals surface area (Å²) in [4.78, 5) is 10.2. The lowest BCUT2D eigenvalue weighted by atomic mass is 9.91. The van der Waals surface area contributed by atoms with Crippen LogP contribution in [0.2, 0.25) is 0 Å². The van der Waals surface area contributed by atoms with E-state index in [-0.39, 0.29) is 0 Å². The Morgan fingerprint density at radius 3 is 1.97 bits per heavy atom. The molecular weight excluding hydrogens is 476 g/mol. The van der Waals surface area contributed by atoms with Crippen molar-refractivity contribution in [3.05, 3.63) is 133 Å². The fourth-order valence-corrected chi connectivity index (χ4v) is 5.63. The first kappa shape index (κ1) is 21.8. The van der Waals surface area contributed by atoms with Crippen molar-refractivity contribution >= 4 is 43.3 Å². The number of furan rings is 1. The van der Waals surface area contributed by atoms with E-state index in [1.807, 2.05) is 36.4 Å². The summed E-state index contributed by atoms with van der Waals surface area (Å²) < 4.78 is 6.29. The van der Waals surface area contributed by atoms with Gasteiger partial charge in [-0.1, -0.05) is 109 Å². The van der Waals surface area contributed by atoms with Gasteiger partial charge in [-0.25, -0.2) is 9.97 Å². The summed E-state index contributed by atoms with van der Waals surface area (Å²) in [5.41, 5.74) is 4.55. The number of rotatable bonds is 3. The Kier molecular flexibility index (Phi) is 4.82. The summed E-state index contributed by atoms with van der Waals surface area (Å²) in [7, 11) is 0. The van der Waals surface area contributed by atoms with Gasteiger partial charge in [0.05, 0.1) is 5.69 Å². The van der Waals surface area contributed by atoms with Crippen LogP contribution in [0.1, 0.15) is 0 Å². The van der Waals surface area contributed by atoms with Crippen molar-refractivity contribution in [2.75, 3.05) is 0 Å². The van der Waals surface area contributed by atoms with Gasteiger partial charge in [0.15, 0.2) is 11.6 Å². The van der Waals surface area contributed by atoms with Crippen LogP contribution in [0.25, 0.3) is 77.4 Å². The van der Waals surface area contributed by atoms with Gasteiger partial charge in [-0.2, -0.15) is 0 Å². The van der Waals surface area contributed by atoms with Crippen molar-refractivity contribution < 1.29 is 4.42 Å². The lowest BCUT2D eigenvalue weighted by Gasteiger charge is -2.15. The van der Waals surface area contributed by atoms with E-state index >= 15 is 0 Å². The molecule has 0 bridgehead atoms. The molecule has 0 aliphatic heterocycles. The molecule has 0 N–H and O–H groups in total. The van der Waals surface area contributed by atoms with Gasteiger partial charge in [-0.05, 0) is 56.6 Å². The zero-order chi connectivity index (χ0) is 25.8. The van der Waals surface area contributed by atoms with Crippen molar-refractivity contribution in [2.45, 2.75) is 0 Å². The molecule has 0 saturated heterocycles. The molecule has 2 aromatic heterocycles. The topological polar surface area (TPSA) is 38.9 Å². The molecule has 0 unspecified atom stereocenters. The van der Waals surface area contributed by atoms with Crippen LogP contribution >= 0.6 is 0 Å². The second-order valence-electron chi connectivity index (χ2n) is 9.83. The highest BCUT2D eigenvalue weighted by Gasteiger charge is 2.18. The van der Waals surface area contributed by atoms with Crippen LogP contribution in [0, 0.1) is 0 Å². The van der Waals surface area contributed by atoms with Gasteiger partial charge in [0.2, 0.25) is 0 Å². The van der Waals surface area contributed by atoms with E-state index in [4.69, 9.17) is 14.4 Å². The molecule has 0 spiro atoms. The van der Waals surface area contributed by atoms with Crippen LogP contribution in [0.3, 0.4) is 0 Å². The Bertz CT molecular complexity index is 2140. The third-order valence-electron chi connectivity index (χ3n) is 7.44. The average molecular weight is 499 g/mol. The van der Waals surface area contributed by atoms with Crippen molar-refractivity contribution in [1.82, 2.24) is 9.97 Å². The SMILES string of the molecule is c1ccc(-c2nc(-c3cc4ccccc4o3)cc(-c3c4ccccc4cc4ccc5ccccc5c34)n2)cc1. The number of nitrogens with zero attached hydrogens (tertiary/aromatic N) is 2. The largest absolute Gasteiger partial charge is 0.454 e. The van der Waals surface area contributed by atoms with Crippen LogP contribution in [0.5, 0.6) is 0 Å². The highest BCUT2D eigenvalue weighted by molar-refractivity contribution is 6.21. The van der Waals surface area contributed by atoms with E-state index in [9.17, 15) is 0 Å². The third kappa shape index (κ3) is 3.59. The zero-order valence-corrected chi connectivity index (χ0v) is 21.0. The summed E-state index contributed by atoms with van der Waals surface area (Å²) in [6, 6.07) is 46.2. The first-order valence-electron chi connectivity index (χ1n) is 13.1. The Labute approximate surface area is 225 Å². The first-order valence-corrected chi connectivity index (χ1v) is 13.1. The van der Waals surface area contributed by atoms with Gasteiger partial charge < -0.3 is 4.42 Å². The Morgan fingerprint density at radius 2 is 1.13 bits per heavy atom. The van der Waals surface area contributed by atoms with Crippen molar-refractivity contribution in [3.63, 3.8) is 0 Å². The minimum atomic E-state index is 0.671. The predicted octanol–water partition coefficient (Wildman–Crippen LogP) is 9.68. The molecule has 0 atom stereocenters. The van der Waals surface area contributed by atoms with Gasteiger partial charge in [-0.15, -0.1) is 0 Å². The number of hydrogen-bond acceptors (Lipinski definition) is 3. The van der Waals surface area contributed by atoms with E-state index in [0.29, 0.717) is 5.82 Å². The van der Waals surface area contributed by atoms with Gasteiger partial charge in [0.25, 0.3) is 0 Å². The van der Waals surface area contributed by atoms with E-state index in [1.54, 1.807) is 0 Å². The second-order valence-corrected chi connectivity index (χ2v) is 9.83. The molecule has 0 fully saturated rings. The van der Waals surface area contributed by atoms with Gasteiger partial charge in [-0.3, -0.25) is 0 Å². The summed E-state index contributed by atoms with van der Waals surface area (Å²) in [5, 5.41) is 8.19.